The zero-order chi connectivity index (χ0) is 15.0. The van der Waals surface area contributed by atoms with Gasteiger partial charge in [-0.2, -0.15) is 0 Å². The maximum Gasteiger partial charge on any atom is 0.229 e. The van der Waals surface area contributed by atoms with Crippen molar-refractivity contribution in [1.29, 1.82) is 0 Å². The molecule has 0 saturated heterocycles. The highest BCUT2D eigenvalue weighted by atomic mass is 79.9. The van der Waals surface area contributed by atoms with Crippen LogP contribution in [0.4, 0.5) is 5.69 Å². The molecule has 104 valence electrons. The van der Waals surface area contributed by atoms with Crippen LogP contribution in [0.1, 0.15) is 20.8 Å². The van der Waals surface area contributed by atoms with Crippen molar-refractivity contribution < 1.29 is 9.59 Å². The first kappa shape index (κ1) is 14.0. The smallest absolute Gasteiger partial charge is 0.229 e. The number of nitrogens with one attached hydrogen (secondary N) is 1. The maximum atomic E-state index is 12.4. The Morgan fingerprint density at radius 1 is 1.05 bits per heavy atom. The Kier molecular flexibility index (Phi) is 3.61. The highest BCUT2D eigenvalue weighted by Crippen LogP contribution is 2.28. The summed E-state index contributed by atoms with van der Waals surface area (Å²) in [6.45, 7) is 0. The third kappa shape index (κ3) is 2.50. The van der Waals surface area contributed by atoms with Gasteiger partial charge in [-0.1, -0.05) is 27.5 Å². The molecule has 0 amide bonds. The Bertz CT molecular complexity index is 785. The molecule has 4 nitrogen and oxygen atoms in total. The highest BCUT2D eigenvalue weighted by Gasteiger charge is 2.32. The van der Waals surface area contributed by atoms with Crippen LogP contribution < -0.4 is 5.32 Å². The number of hydrogen-bond donors (Lipinski definition) is 1. The highest BCUT2D eigenvalue weighted by molar-refractivity contribution is 9.10. The second-order valence-electron chi connectivity index (χ2n) is 4.38. The molecular weight excluding hydrogens is 356 g/mol. The summed E-state index contributed by atoms with van der Waals surface area (Å²) in [5.41, 5.74) is 1.06. The number of halogens is 2. The van der Waals surface area contributed by atoms with Crippen LogP contribution >= 0.6 is 27.5 Å². The molecule has 21 heavy (non-hydrogen) atoms. The van der Waals surface area contributed by atoms with E-state index in [-0.39, 0.29) is 22.0 Å². The van der Waals surface area contributed by atoms with Crippen LogP contribution in [0, 0.1) is 0 Å². The molecule has 0 spiro atoms. The third-order valence-electron chi connectivity index (χ3n) is 3.03. The molecule has 1 heterocycles. The largest absolute Gasteiger partial charge is 0.351 e. The average Bonchev–Trinajstić information content (AvgIpc) is 2.51. The fourth-order valence-electron chi connectivity index (χ4n) is 2.01. The first-order chi connectivity index (χ1) is 10.1. The average molecular weight is 364 g/mol. The van der Waals surface area contributed by atoms with Crippen molar-refractivity contribution >= 4 is 44.8 Å². The fourth-order valence-corrected chi connectivity index (χ4v) is 2.51. The molecule has 1 aromatic carbocycles. The molecule has 0 aliphatic heterocycles. The van der Waals surface area contributed by atoms with E-state index in [1.165, 1.54) is 6.20 Å². The third-order valence-corrected chi connectivity index (χ3v) is 3.92. The lowest BCUT2D eigenvalue weighted by molar-refractivity contribution is 0.0978. The van der Waals surface area contributed by atoms with Crippen LogP contribution in [0.3, 0.4) is 0 Å². The molecule has 3 rings (SSSR count). The van der Waals surface area contributed by atoms with Gasteiger partial charge in [-0.15, -0.1) is 0 Å². The molecular formula is C15H8BrClN2O2. The Morgan fingerprint density at radius 2 is 1.76 bits per heavy atom. The van der Waals surface area contributed by atoms with Gasteiger partial charge in [0.1, 0.15) is 16.4 Å². The Hall–Kier alpha value is -1.98. The molecule has 6 heteroatoms. The van der Waals surface area contributed by atoms with Crippen LogP contribution in [0.15, 0.2) is 57.8 Å². The van der Waals surface area contributed by atoms with Gasteiger partial charge in [0.05, 0.1) is 5.56 Å². The lowest BCUT2D eigenvalue weighted by Crippen LogP contribution is -2.25. The van der Waals surface area contributed by atoms with Gasteiger partial charge >= 0.3 is 0 Å². The van der Waals surface area contributed by atoms with Crippen molar-refractivity contribution in [3.63, 3.8) is 0 Å². The minimum atomic E-state index is -0.404. The second kappa shape index (κ2) is 5.42. The van der Waals surface area contributed by atoms with Crippen LogP contribution in [-0.2, 0) is 0 Å². The number of fused-ring (bicyclic) bond motifs is 1. The summed E-state index contributed by atoms with van der Waals surface area (Å²) in [6, 6.07) is 10.3. The summed E-state index contributed by atoms with van der Waals surface area (Å²) in [5.74, 6) is -0.794. The molecule has 0 bridgehead atoms. The van der Waals surface area contributed by atoms with Crippen molar-refractivity contribution in [2.75, 3.05) is 5.32 Å². The van der Waals surface area contributed by atoms with Gasteiger partial charge in [-0.05, 0) is 36.4 Å². The molecule has 1 aliphatic rings. The van der Waals surface area contributed by atoms with E-state index in [0.717, 1.165) is 4.47 Å². The van der Waals surface area contributed by atoms with E-state index in [1.807, 2.05) is 12.1 Å². The zero-order valence-electron chi connectivity index (χ0n) is 10.6. The van der Waals surface area contributed by atoms with Gasteiger partial charge in [0.25, 0.3) is 0 Å². The predicted octanol–water partition coefficient (Wildman–Crippen LogP) is 3.79. The Labute approximate surface area is 134 Å². The van der Waals surface area contributed by atoms with E-state index in [1.54, 1.807) is 24.3 Å². The summed E-state index contributed by atoms with van der Waals surface area (Å²) in [7, 11) is 0. The van der Waals surface area contributed by atoms with Gasteiger partial charge in [-0.3, -0.25) is 14.6 Å². The number of anilines is 1. The SMILES string of the molecule is O=C1C(Cl)=C(Nc2ccc(Br)cc2)C(=O)c2ncccc21. The van der Waals surface area contributed by atoms with Crippen molar-refractivity contribution in [3.05, 3.63) is 69.1 Å². The molecule has 1 N–H and O–H groups in total. The van der Waals surface area contributed by atoms with Crippen molar-refractivity contribution in [1.82, 2.24) is 4.98 Å². The molecule has 0 saturated carbocycles. The maximum absolute atomic E-state index is 12.4. The minimum absolute atomic E-state index is 0.0511. The molecule has 1 aromatic heterocycles. The second-order valence-corrected chi connectivity index (χ2v) is 5.67. The number of allylic oxidation sites excluding steroid dienone is 2. The number of benzene rings is 1. The Balaban J connectivity index is 2.02. The summed E-state index contributed by atoms with van der Waals surface area (Å²) in [5, 5.41) is 2.77. The summed E-state index contributed by atoms with van der Waals surface area (Å²) in [6.07, 6.45) is 1.47. The first-order valence-corrected chi connectivity index (χ1v) is 7.22. The molecule has 0 unspecified atom stereocenters. The topological polar surface area (TPSA) is 59.1 Å². The predicted molar refractivity (Wildman–Crippen MR) is 83.5 cm³/mol. The van der Waals surface area contributed by atoms with E-state index in [9.17, 15) is 9.59 Å². The lowest BCUT2D eigenvalue weighted by atomic mass is 9.97. The normalized spacial score (nSPS) is 14.2. The fraction of sp³-hybridized carbons (Fsp3) is 0. The van der Waals surface area contributed by atoms with E-state index in [2.05, 4.69) is 26.2 Å². The number of pyridine rings is 1. The van der Waals surface area contributed by atoms with Gasteiger partial charge in [0.15, 0.2) is 0 Å². The zero-order valence-corrected chi connectivity index (χ0v) is 12.9. The van der Waals surface area contributed by atoms with Crippen LogP contribution in [0.25, 0.3) is 0 Å². The van der Waals surface area contributed by atoms with Crippen LogP contribution in [-0.4, -0.2) is 16.6 Å². The summed E-state index contributed by atoms with van der Waals surface area (Å²) < 4.78 is 0.909. The van der Waals surface area contributed by atoms with E-state index in [4.69, 9.17) is 11.6 Å². The quantitative estimate of drug-likeness (QED) is 0.882. The number of hydrogen-bond acceptors (Lipinski definition) is 4. The lowest BCUT2D eigenvalue weighted by Gasteiger charge is -2.18. The van der Waals surface area contributed by atoms with Gasteiger partial charge in [0, 0.05) is 16.4 Å². The van der Waals surface area contributed by atoms with E-state index in [0.29, 0.717) is 5.69 Å². The number of carbonyl (C=O) groups is 2. The standard InChI is InChI=1S/C15H8BrClN2O2/c16-8-3-5-9(6-4-8)19-13-11(17)14(20)10-2-1-7-18-12(10)15(13)21/h1-7,19H. The number of rotatable bonds is 2. The molecule has 0 atom stereocenters. The first-order valence-electron chi connectivity index (χ1n) is 6.04. The van der Waals surface area contributed by atoms with Crippen molar-refractivity contribution in [3.8, 4) is 0 Å². The number of Topliss-reactive ketones (excluding diaryl/α,β-unsaturated/α-hetero) is 2. The molecule has 0 fully saturated rings. The number of ketones is 2. The number of aromatic nitrogens is 1. The Morgan fingerprint density at radius 3 is 2.48 bits per heavy atom. The monoisotopic (exact) mass is 362 g/mol. The molecule has 1 aliphatic carbocycles. The van der Waals surface area contributed by atoms with Crippen LogP contribution in [0.2, 0.25) is 0 Å². The van der Waals surface area contributed by atoms with Gasteiger partial charge in [0.2, 0.25) is 11.6 Å². The summed E-state index contributed by atoms with van der Waals surface area (Å²) >= 11 is 9.38. The van der Waals surface area contributed by atoms with Gasteiger partial charge < -0.3 is 5.32 Å². The number of carbonyl (C=O) groups excluding carboxylic acids is 2. The van der Waals surface area contributed by atoms with E-state index >= 15 is 0 Å². The van der Waals surface area contributed by atoms with Gasteiger partial charge in [-0.25, -0.2) is 0 Å². The number of nitrogens with zero attached hydrogens (tertiary/aromatic N) is 1. The van der Waals surface area contributed by atoms with E-state index < -0.39 is 11.6 Å². The minimum Gasteiger partial charge on any atom is -0.351 e. The molecule has 0 radical (unpaired) electrons. The summed E-state index contributed by atoms with van der Waals surface area (Å²) in [4.78, 5) is 28.6. The van der Waals surface area contributed by atoms with Crippen molar-refractivity contribution in [2.45, 2.75) is 0 Å². The van der Waals surface area contributed by atoms with Crippen LogP contribution in [0.5, 0.6) is 0 Å². The van der Waals surface area contributed by atoms with Crippen molar-refractivity contribution in [2.24, 2.45) is 0 Å². The molecule has 2 aromatic rings.